The molecule has 138 valence electrons. The second-order valence-electron chi connectivity index (χ2n) is 6.46. The summed E-state index contributed by atoms with van der Waals surface area (Å²) in [6.45, 7) is 3.90. The van der Waals surface area contributed by atoms with Crippen LogP contribution in [0, 0.1) is 5.82 Å². The molecule has 2 aromatic rings. The number of para-hydroxylation sites is 1. The number of anilines is 2. The summed E-state index contributed by atoms with van der Waals surface area (Å²) in [6.07, 6.45) is 0. The van der Waals surface area contributed by atoms with Gasteiger partial charge in [0.25, 0.3) is 0 Å². The minimum Gasteiger partial charge on any atom is -0.377 e. The molecule has 0 radical (unpaired) electrons. The van der Waals surface area contributed by atoms with Crippen molar-refractivity contribution < 1.29 is 13.9 Å². The number of hydrogen-bond acceptors (Lipinski definition) is 3. The van der Waals surface area contributed by atoms with E-state index in [-0.39, 0.29) is 24.4 Å². The summed E-state index contributed by atoms with van der Waals surface area (Å²) in [5, 5.41) is 2.86. The largest absolute Gasteiger partial charge is 0.377 e. The van der Waals surface area contributed by atoms with Gasteiger partial charge in [-0.25, -0.2) is 9.18 Å². The predicted octanol–water partition coefficient (Wildman–Crippen LogP) is 3.52. The van der Waals surface area contributed by atoms with E-state index in [2.05, 4.69) is 5.32 Å². The van der Waals surface area contributed by atoms with Gasteiger partial charge in [-0.1, -0.05) is 24.3 Å². The van der Waals surface area contributed by atoms with E-state index in [9.17, 15) is 9.18 Å². The van der Waals surface area contributed by atoms with Crippen molar-refractivity contribution in [2.75, 3.05) is 31.7 Å². The van der Waals surface area contributed by atoms with Crippen LogP contribution in [0.25, 0.3) is 0 Å². The Bertz CT molecular complexity index is 754. The molecule has 6 heteroatoms. The Morgan fingerprint density at radius 1 is 1.31 bits per heavy atom. The first kappa shape index (κ1) is 18.2. The normalized spacial score (nSPS) is 17.0. The minimum atomic E-state index is -0.317. The summed E-state index contributed by atoms with van der Waals surface area (Å²) < 4.78 is 19.9. The lowest BCUT2D eigenvalue weighted by molar-refractivity contribution is 0.0190. The second-order valence-corrected chi connectivity index (χ2v) is 6.46. The van der Waals surface area contributed by atoms with Crippen molar-refractivity contribution in [1.82, 2.24) is 10.2 Å². The molecule has 2 aromatic carbocycles. The van der Waals surface area contributed by atoms with E-state index in [0.29, 0.717) is 25.4 Å². The van der Waals surface area contributed by atoms with Crippen molar-refractivity contribution in [2.45, 2.75) is 19.5 Å². The lowest BCUT2D eigenvalue weighted by atomic mass is 10.1. The molecule has 3 rings (SSSR count). The van der Waals surface area contributed by atoms with Crippen molar-refractivity contribution in [3.05, 3.63) is 59.9 Å². The summed E-state index contributed by atoms with van der Waals surface area (Å²) in [5.41, 5.74) is 2.13. The van der Waals surface area contributed by atoms with Gasteiger partial charge in [0, 0.05) is 25.8 Å². The molecule has 0 aliphatic carbocycles. The first-order valence-electron chi connectivity index (χ1n) is 8.75. The van der Waals surface area contributed by atoms with Gasteiger partial charge in [-0.15, -0.1) is 0 Å². The topological polar surface area (TPSA) is 44.8 Å². The molecule has 0 bridgehead atoms. The van der Waals surface area contributed by atoms with Crippen molar-refractivity contribution in [3.63, 3.8) is 0 Å². The Morgan fingerprint density at radius 3 is 2.77 bits per heavy atom. The van der Waals surface area contributed by atoms with Gasteiger partial charge < -0.3 is 19.9 Å². The predicted molar refractivity (Wildman–Crippen MR) is 100 cm³/mol. The van der Waals surface area contributed by atoms with E-state index in [4.69, 9.17) is 4.74 Å². The fourth-order valence-corrected chi connectivity index (χ4v) is 3.03. The van der Waals surface area contributed by atoms with Crippen LogP contribution in [-0.4, -0.2) is 43.8 Å². The summed E-state index contributed by atoms with van der Waals surface area (Å²) in [4.78, 5) is 15.8. The standard InChI is InChI=1S/C20H24FN3O2/c1-15-14-26-11-10-24(15)20(25)22-13-16-8-9-19(18(21)12-16)23(2)17-6-4-3-5-7-17/h3-9,12,15H,10-11,13-14H2,1-2H3,(H,22,25)/t15-/m1/s1. The average Bonchev–Trinajstić information content (AvgIpc) is 2.67. The Morgan fingerprint density at radius 2 is 2.08 bits per heavy atom. The van der Waals surface area contributed by atoms with Crippen LogP contribution in [0.5, 0.6) is 0 Å². The molecule has 1 N–H and O–H groups in total. The number of nitrogens with zero attached hydrogens (tertiary/aromatic N) is 2. The number of carbonyl (C=O) groups is 1. The number of nitrogens with one attached hydrogen (secondary N) is 1. The highest BCUT2D eigenvalue weighted by molar-refractivity contribution is 5.74. The van der Waals surface area contributed by atoms with Crippen LogP contribution >= 0.6 is 0 Å². The zero-order valence-corrected chi connectivity index (χ0v) is 15.1. The van der Waals surface area contributed by atoms with Gasteiger partial charge in [0.1, 0.15) is 5.82 Å². The summed E-state index contributed by atoms with van der Waals surface area (Å²) in [6, 6.07) is 14.6. The van der Waals surface area contributed by atoms with Crippen molar-refractivity contribution in [2.24, 2.45) is 0 Å². The van der Waals surface area contributed by atoms with Crippen LogP contribution in [0.1, 0.15) is 12.5 Å². The maximum Gasteiger partial charge on any atom is 0.318 e. The molecule has 0 spiro atoms. The van der Waals surface area contributed by atoms with Crippen molar-refractivity contribution >= 4 is 17.4 Å². The molecule has 1 heterocycles. The Labute approximate surface area is 153 Å². The number of benzene rings is 2. The Kier molecular flexibility index (Phi) is 5.73. The van der Waals surface area contributed by atoms with Crippen LogP contribution in [0.15, 0.2) is 48.5 Å². The molecule has 26 heavy (non-hydrogen) atoms. The SMILES string of the molecule is C[C@@H]1COCCN1C(=O)NCc1ccc(N(C)c2ccccc2)c(F)c1. The van der Waals surface area contributed by atoms with E-state index in [0.717, 1.165) is 11.3 Å². The van der Waals surface area contributed by atoms with E-state index >= 15 is 0 Å². The number of halogens is 1. The lowest BCUT2D eigenvalue weighted by Crippen LogP contribution is -2.51. The van der Waals surface area contributed by atoms with Gasteiger partial charge >= 0.3 is 6.03 Å². The molecular weight excluding hydrogens is 333 g/mol. The average molecular weight is 357 g/mol. The molecule has 0 aromatic heterocycles. The molecular formula is C20H24FN3O2. The number of urea groups is 1. The molecule has 1 aliphatic rings. The molecule has 0 saturated carbocycles. The van der Waals surface area contributed by atoms with E-state index in [1.165, 1.54) is 6.07 Å². The third-order valence-electron chi connectivity index (χ3n) is 4.59. The molecule has 5 nitrogen and oxygen atoms in total. The lowest BCUT2D eigenvalue weighted by Gasteiger charge is -2.33. The smallest absolute Gasteiger partial charge is 0.318 e. The second kappa shape index (κ2) is 8.19. The quantitative estimate of drug-likeness (QED) is 0.911. The zero-order chi connectivity index (χ0) is 18.5. The molecule has 1 fully saturated rings. The van der Waals surface area contributed by atoms with Crippen molar-refractivity contribution in [1.29, 1.82) is 0 Å². The number of amides is 2. The monoisotopic (exact) mass is 357 g/mol. The first-order valence-corrected chi connectivity index (χ1v) is 8.75. The fraction of sp³-hybridized carbons (Fsp3) is 0.350. The third-order valence-corrected chi connectivity index (χ3v) is 4.59. The maximum atomic E-state index is 14.5. The van der Waals surface area contributed by atoms with Gasteiger partial charge in [0.05, 0.1) is 24.9 Å². The van der Waals surface area contributed by atoms with Gasteiger partial charge in [0.15, 0.2) is 0 Å². The Balaban J connectivity index is 1.63. The molecule has 2 amide bonds. The highest BCUT2D eigenvalue weighted by Gasteiger charge is 2.23. The zero-order valence-electron chi connectivity index (χ0n) is 15.1. The number of morpholine rings is 1. The fourth-order valence-electron chi connectivity index (χ4n) is 3.03. The maximum absolute atomic E-state index is 14.5. The molecule has 1 atom stereocenters. The first-order chi connectivity index (χ1) is 12.6. The third kappa shape index (κ3) is 4.14. The molecule has 1 aliphatic heterocycles. The van der Waals surface area contributed by atoms with E-state index < -0.39 is 0 Å². The molecule has 1 saturated heterocycles. The summed E-state index contributed by atoms with van der Waals surface area (Å²) in [5.74, 6) is -0.317. The van der Waals surface area contributed by atoms with Crippen molar-refractivity contribution in [3.8, 4) is 0 Å². The van der Waals surface area contributed by atoms with Gasteiger partial charge in [-0.2, -0.15) is 0 Å². The summed E-state index contributed by atoms with van der Waals surface area (Å²) in [7, 11) is 1.83. The van der Waals surface area contributed by atoms with E-state index in [1.807, 2.05) is 50.4 Å². The summed E-state index contributed by atoms with van der Waals surface area (Å²) >= 11 is 0. The number of rotatable bonds is 4. The highest BCUT2D eigenvalue weighted by atomic mass is 19.1. The van der Waals surface area contributed by atoms with Crippen LogP contribution in [0.3, 0.4) is 0 Å². The Hall–Kier alpha value is -2.60. The van der Waals surface area contributed by atoms with Crippen LogP contribution in [0.4, 0.5) is 20.6 Å². The van der Waals surface area contributed by atoms with Crippen LogP contribution in [0.2, 0.25) is 0 Å². The molecule has 0 unspecified atom stereocenters. The van der Waals surface area contributed by atoms with E-state index in [1.54, 1.807) is 15.9 Å². The number of carbonyl (C=O) groups excluding carboxylic acids is 1. The van der Waals surface area contributed by atoms with Gasteiger partial charge in [-0.3, -0.25) is 0 Å². The van der Waals surface area contributed by atoms with Gasteiger partial charge in [0.2, 0.25) is 0 Å². The number of hydrogen-bond donors (Lipinski definition) is 1. The van der Waals surface area contributed by atoms with Crippen LogP contribution < -0.4 is 10.2 Å². The number of ether oxygens (including phenoxy) is 1. The van der Waals surface area contributed by atoms with Crippen LogP contribution in [-0.2, 0) is 11.3 Å². The van der Waals surface area contributed by atoms with Gasteiger partial charge in [-0.05, 0) is 36.8 Å². The minimum absolute atomic E-state index is 0.0439. The highest BCUT2D eigenvalue weighted by Crippen LogP contribution is 2.26.